The van der Waals surface area contributed by atoms with E-state index in [1.54, 1.807) is 0 Å². The number of carbonyl (C=O) groups excluding carboxylic acids is 1. The van der Waals surface area contributed by atoms with Crippen LogP contribution in [0.15, 0.2) is 54.6 Å². The summed E-state index contributed by atoms with van der Waals surface area (Å²) in [6.45, 7) is 0. The molecule has 4 nitrogen and oxygen atoms in total. The summed E-state index contributed by atoms with van der Waals surface area (Å²) in [6, 6.07) is 13.6. The van der Waals surface area contributed by atoms with Crippen LogP contribution in [0.1, 0.15) is 12.8 Å². The molecule has 4 heteroatoms. The number of nitrogens with one attached hydrogen (secondary N) is 1. The maximum absolute atomic E-state index is 12.4. The maximum Gasteiger partial charge on any atom is 0.307 e. The van der Waals surface area contributed by atoms with Crippen LogP contribution in [0, 0.1) is 11.8 Å². The van der Waals surface area contributed by atoms with Crippen molar-refractivity contribution in [2.75, 3.05) is 5.32 Å². The van der Waals surface area contributed by atoms with Crippen molar-refractivity contribution in [1.29, 1.82) is 0 Å². The van der Waals surface area contributed by atoms with Crippen molar-refractivity contribution in [3.8, 4) is 0 Å². The Hall–Kier alpha value is -2.62. The molecule has 0 spiro atoms. The minimum atomic E-state index is -0.914. The zero-order chi connectivity index (χ0) is 15.5. The fraction of sp³-hybridized carbons (Fsp3) is 0.222. The summed E-state index contributed by atoms with van der Waals surface area (Å²) in [5, 5.41) is 14.2. The predicted molar refractivity (Wildman–Crippen MR) is 85.6 cm³/mol. The molecule has 0 saturated carbocycles. The average Bonchev–Trinajstić information content (AvgIpc) is 2.54. The smallest absolute Gasteiger partial charge is 0.307 e. The lowest BCUT2D eigenvalue weighted by Crippen LogP contribution is -2.34. The van der Waals surface area contributed by atoms with Crippen LogP contribution < -0.4 is 5.32 Å². The largest absolute Gasteiger partial charge is 0.481 e. The van der Waals surface area contributed by atoms with Gasteiger partial charge in [0.1, 0.15) is 0 Å². The first kappa shape index (κ1) is 14.3. The van der Waals surface area contributed by atoms with Crippen molar-refractivity contribution in [2.24, 2.45) is 11.8 Å². The lowest BCUT2D eigenvalue weighted by molar-refractivity contribution is -0.146. The maximum atomic E-state index is 12.4. The van der Waals surface area contributed by atoms with Crippen LogP contribution in [-0.4, -0.2) is 17.0 Å². The van der Waals surface area contributed by atoms with Crippen LogP contribution in [0.3, 0.4) is 0 Å². The van der Waals surface area contributed by atoms with Crippen LogP contribution in [-0.2, 0) is 9.59 Å². The highest BCUT2D eigenvalue weighted by atomic mass is 16.4. The molecule has 2 aromatic carbocycles. The second kappa shape index (κ2) is 6.02. The number of carboxylic acid groups (broad SMARTS) is 1. The molecule has 1 amide bonds. The molecule has 2 N–H and O–H groups in total. The second-order valence-corrected chi connectivity index (χ2v) is 5.55. The molecule has 0 radical (unpaired) electrons. The molecule has 3 rings (SSSR count). The number of fused-ring (bicyclic) bond motifs is 1. The van der Waals surface area contributed by atoms with Crippen molar-refractivity contribution < 1.29 is 14.7 Å². The van der Waals surface area contributed by atoms with E-state index in [9.17, 15) is 14.7 Å². The van der Waals surface area contributed by atoms with Gasteiger partial charge in [0.15, 0.2) is 0 Å². The third-order valence-electron chi connectivity index (χ3n) is 4.10. The molecular formula is C18H17NO3. The molecule has 0 fully saturated rings. The first-order valence-corrected chi connectivity index (χ1v) is 7.32. The number of rotatable bonds is 3. The van der Waals surface area contributed by atoms with E-state index in [0.717, 1.165) is 10.8 Å². The van der Waals surface area contributed by atoms with Gasteiger partial charge in [-0.25, -0.2) is 0 Å². The van der Waals surface area contributed by atoms with Crippen LogP contribution >= 0.6 is 0 Å². The number of benzene rings is 2. The Morgan fingerprint density at radius 3 is 2.36 bits per heavy atom. The number of amides is 1. The lowest BCUT2D eigenvalue weighted by atomic mass is 9.82. The summed E-state index contributed by atoms with van der Waals surface area (Å²) in [7, 11) is 0. The summed E-state index contributed by atoms with van der Waals surface area (Å²) < 4.78 is 0. The molecule has 1 aliphatic rings. The van der Waals surface area contributed by atoms with Crippen LogP contribution in [0.5, 0.6) is 0 Å². The van der Waals surface area contributed by atoms with Crippen molar-refractivity contribution in [3.63, 3.8) is 0 Å². The predicted octanol–water partition coefficient (Wildman–Crippen LogP) is 3.45. The normalized spacial score (nSPS) is 20.7. The van der Waals surface area contributed by atoms with Gasteiger partial charge < -0.3 is 10.4 Å². The number of allylic oxidation sites excluding steroid dienone is 2. The zero-order valence-corrected chi connectivity index (χ0v) is 12.0. The first-order chi connectivity index (χ1) is 10.6. The van der Waals surface area contributed by atoms with Gasteiger partial charge in [0.2, 0.25) is 5.91 Å². The van der Waals surface area contributed by atoms with Crippen molar-refractivity contribution in [1.82, 2.24) is 0 Å². The van der Waals surface area contributed by atoms with Crippen LogP contribution in [0.4, 0.5) is 5.69 Å². The van der Waals surface area contributed by atoms with Crippen molar-refractivity contribution >= 4 is 28.3 Å². The average molecular weight is 295 g/mol. The minimum absolute atomic E-state index is 0.230. The molecule has 0 heterocycles. The van der Waals surface area contributed by atoms with Gasteiger partial charge in [-0.1, -0.05) is 42.5 Å². The fourth-order valence-corrected chi connectivity index (χ4v) is 2.88. The SMILES string of the molecule is O=C(O)[C@@H]1CC=CC[C@H]1C(=O)Nc1ccc2ccccc2c1. The van der Waals surface area contributed by atoms with E-state index < -0.39 is 17.8 Å². The van der Waals surface area contributed by atoms with Gasteiger partial charge in [-0.05, 0) is 35.7 Å². The summed E-state index contributed by atoms with van der Waals surface area (Å²) in [5.74, 6) is -2.31. The Morgan fingerprint density at radius 2 is 1.64 bits per heavy atom. The van der Waals surface area contributed by atoms with E-state index in [0.29, 0.717) is 18.5 Å². The molecule has 2 atom stereocenters. The van der Waals surface area contributed by atoms with Gasteiger partial charge in [0, 0.05) is 5.69 Å². The van der Waals surface area contributed by atoms with Gasteiger partial charge in [-0.15, -0.1) is 0 Å². The van der Waals surface area contributed by atoms with E-state index in [-0.39, 0.29) is 5.91 Å². The lowest BCUT2D eigenvalue weighted by Gasteiger charge is -2.24. The second-order valence-electron chi connectivity index (χ2n) is 5.55. The van der Waals surface area contributed by atoms with Gasteiger partial charge in [0.25, 0.3) is 0 Å². The number of anilines is 1. The van der Waals surface area contributed by atoms with Crippen molar-refractivity contribution in [2.45, 2.75) is 12.8 Å². The number of carbonyl (C=O) groups is 2. The number of hydrogen-bond acceptors (Lipinski definition) is 2. The minimum Gasteiger partial charge on any atom is -0.481 e. The topological polar surface area (TPSA) is 66.4 Å². The van der Waals surface area contributed by atoms with Crippen LogP contribution in [0.25, 0.3) is 10.8 Å². The van der Waals surface area contributed by atoms with E-state index in [1.807, 2.05) is 54.6 Å². The Kier molecular flexibility index (Phi) is 3.92. The Bertz CT molecular complexity index is 751. The van der Waals surface area contributed by atoms with Gasteiger partial charge in [-0.3, -0.25) is 9.59 Å². The molecule has 0 aliphatic heterocycles. The van der Waals surface area contributed by atoms with E-state index >= 15 is 0 Å². The molecule has 112 valence electrons. The van der Waals surface area contributed by atoms with E-state index in [4.69, 9.17) is 0 Å². The summed E-state index contributed by atoms with van der Waals surface area (Å²) in [6.07, 6.45) is 4.59. The molecule has 2 aromatic rings. The quantitative estimate of drug-likeness (QED) is 0.852. The molecule has 0 saturated heterocycles. The highest BCUT2D eigenvalue weighted by molar-refractivity contribution is 5.97. The molecule has 0 unspecified atom stereocenters. The van der Waals surface area contributed by atoms with E-state index in [1.165, 1.54) is 0 Å². The molecular weight excluding hydrogens is 278 g/mol. The van der Waals surface area contributed by atoms with Crippen LogP contribution in [0.2, 0.25) is 0 Å². The first-order valence-electron chi connectivity index (χ1n) is 7.32. The summed E-state index contributed by atoms with van der Waals surface area (Å²) in [5.41, 5.74) is 0.697. The Labute approximate surface area is 128 Å². The molecule has 0 aromatic heterocycles. The number of carboxylic acids is 1. The Morgan fingerprint density at radius 1 is 0.955 bits per heavy atom. The summed E-state index contributed by atoms with van der Waals surface area (Å²) in [4.78, 5) is 23.7. The zero-order valence-electron chi connectivity index (χ0n) is 12.0. The number of aliphatic carboxylic acids is 1. The van der Waals surface area contributed by atoms with E-state index in [2.05, 4.69) is 5.32 Å². The molecule has 0 bridgehead atoms. The molecule has 22 heavy (non-hydrogen) atoms. The van der Waals surface area contributed by atoms with Gasteiger partial charge in [0.05, 0.1) is 11.8 Å². The number of hydrogen-bond donors (Lipinski definition) is 2. The Balaban J connectivity index is 1.80. The highest BCUT2D eigenvalue weighted by Gasteiger charge is 2.33. The van der Waals surface area contributed by atoms with Gasteiger partial charge in [-0.2, -0.15) is 0 Å². The third-order valence-corrected chi connectivity index (χ3v) is 4.10. The monoisotopic (exact) mass is 295 g/mol. The third kappa shape index (κ3) is 2.86. The fourth-order valence-electron chi connectivity index (χ4n) is 2.88. The summed E-state index contributed by atoms with van der Waals surface area (Å²) >= 11 is 0. The van der Waals surface area contributed by atoms with Crippen molar-refractivity contribution in [3.05, 3.63) is 54.6 Å². The van der Waals surface area contributed by atoms with Gasteiger partial charge >= 0.3 is 5.97 Å². The standard InChI is InChI=1S/C18H17NO3/c20-17(15-7-3-4-8-16(15)18(21)22)19-14-10-9-12-5-1-2-6-13(12)11-14/h1-6,9-11,15-16H,7-8H2,(H,19,20)(H,21,22)/t15-,16-/m1/s1. The highest BCUT2D eigenvalue weighted by Crippen LogP contribution is 2.28. The molecule has 1 aliphatic carbocycles.